The molecule has 0 aliphatic carbocycles. The first-order valence-corrected chi connectivity index (χ1v) is 9.75. The zero-order valence-electron chi connectivity index (χ0n) is 14.9. The molecular weight excluding hydrogens is 348 g/mol. The monoisotopic (exact) mass is 368 g/mol. The molecule has 0 N–H and O–H groups in total. The first-order valence-electron chi connectivity index (χ1n) is 8.93. The number of aromatic nitrogens is 2. The molecule has 27 heavy (non-hydrogen) atoms. The van der Waals surface area contributed by atoms with Gasteiger partial charge in [-0.1, -0.05) is 78.5 Å². The molecule has 0 fully saturated rings. The molecule has 1 aromatic heterocycles. The molecule has 3 aromatic carbocycles. The Morgan fingerprint density at radius 3 is 2.07 bits per heavy atom. The molecule has 0 aliphatic heterocycles. The second-order valence-corrected chi connectivity index (χ2v) is 7.33. The predicted molar refractivity (Wildman–Crippen MR) is 113 cm³/mol. The number of nitrogens with zero attached hydrogens (tertiary/aromatic N) is 2. The van der Waals surface area contributed by atoms with Gasteiger partial charge < -0.3 is 4.57 Å². The van der Waals surface area contributed by atoms with E-state index in [0.29, 0.717) is 0 Å². The molecular formula is C24H20N2S. The smallest absolute Gasteiger partial charge is 0.0948 e. The Hall–Kier alpha value is -3.04. The van der Waals surface area contributed by atoms with Gasteiger partial charge in [-0.05, 0) is 41.0 Å². The summed E-state index contributed by atoms with van der Waals surface area (Å²) in [5, 5.41) is 0. The Morgan fingerprint density at radius 2 is 1.41 bits per heavy atom. The summed E-state index contributed by atoms with van der Waals surface area (Å²) >= 11 is 1.78. The van der Waals surface area contributed by atoms with Gasteiger partial charge in [0.25, 0.3) is 0 Å². The van der Waals surface area contributed by atoms with Crippen molar-refractivity contribution in [3.8, 4) is 0 Å². The second-order valence-electron chi connectivity index (χ2n) is 6.18. The molecule has 3 heteroatoms. The van der Waals surface area contributed by atoms with Crippen LogP contribution in [0.15, 0.2) is 120 Å². The van der Waals surface area contributed by atoms with Crippen molar-refractivity contribution in [2.45, 2.75) is 16.3 Å². The van der Waals surface area contributed by atoms with E-state index >= 15 is 0 Å². The Bertz CT molecular complexity index is 989. The zero-order valence-corrected chi connectivity index (χ0v) is 15.7. The average molecular weight is 369 g/mol. The van der Waals surface area contributed by atoms with Crippen molar-refractivity contribution in [1.29, 1.82) is 0 Å². The molecule has 0 spiro atoms. The van der Waals surface area contributed by atoms with E-state index < -0.39 is 0 Å². The van der Waals surface area contributed by atoms with Gasteiger partial charge in [-0.15, -0.1) is 0 Å². The van der Waals surface area contributed by atoms with Crippen molar-refractivity contribution < 1.29 is 0 Å². The van der Waals surface area contributed by atoms with Crippen molar-refractivity contribution in [1.82, 2.24) is 9.55 Å². The van der Waals surface area contributed by atoms with Crippen molar-refractivity contribution in [3.63, 3.8) is 0 Å². The van der Waals surface area contributed by atoms with E-state index in [1.54, 1.807) is 11.8 Å². The summed E-state index contributed by atoms with van der Waals surface area (Å²) in [4.78, 5) is 6.62. The lowest BCUT2D eigenvalue weighted by Gasteiger charge is -2.10. The topological polar surface area (TPSA) is 17.8 Å². The number of hydrogen-bond donors (Lipinski definition) is 0. The van der Waals surface area contributed by atoms with E-state index in [4.69, 9.17) is 0 Å². The summed E-state index contributed by atoms with van der Waals surface area (Å²) in [6.07, 6.45) is 7.90. The van der Waals surface area contributed by atoms with Crippen LogP contribution in [0, 0.1) is 0 Å². The molecule has 0 amide bonds. The maximum absolute atomic E-state index is 4.13. The van der Waals surface area contributed by atoms with Gasteiger partial charge in [0.2, 0.25) is 0 Å². The van der Waals surface area contributed by atoms with Crippen LogP contribution in [0.1, 0.15) is 11.1 Å². The molecule has 4 aromatic rings. The van der Waals surface area contributed by atoms with Gasteiger partial charge in [0.15, 0.2) is 0 Å². The molecule has 0 aliphatic rings. The summed E-state index contributed by atoms with van der Waals surface area (Å²) in [7, 11) is 0. The van der Waals surface area contributed by atoms with Crippen LogP contribution in [0.5, 0.6) is 0 Å². The SMILES string of the molecule is C(Cn1ccnc1)=C(c1ccccc1)c1ccc(Sc2ccccc2)cc1. The average Bonchev–Trinajstić information content (AvgIpc) is 3.25. The van der Waals surface area contributed by atoms with Crippen LogP contribution in [-0.2, 0) is 6.54 Å². The van der Waals surface area contributed by atoms with E-state index in [1.165, 1.54) is 26.5 Å². The van der Waals surface area contributed by atoms with Crippen molar-refractivity contribution >= 4 is 17.3 Å². The minimum Gasteiger partial charge on any atom is -0.334 e. The maximum Gasteiger partial charge on any atom is 0.0948 e. The summed E-state index contributed by atoms with van der Waals surface area (Å²) < 4.78 is 2.07. The Morgan fingerprint density at radius 1 is 0.778 bits per heavy atom. The third-order valence-corrected chi connectivity index (χ3v) is 5.31. The third-order valence-electron chi connectivity index (χ3n) is 4.29. The Labute approximate surface area is 164 Å². The van der Waals surface area contributed by atoms with Crippen molar-refractivity contribution in [2.75, 3.05) is 0 Å². The summed E-state index contributed by atoms with van der Waals surface area (Å²) in [5.74, 6) is 0. The fraction of sp³-hybridized carbons (Fsp3) is 0.0417. The fourth-order valence-corrected chi connectivity index (χ4v) is 3.78. The largest absolute Gasteiger partial charge is 0.334 e. The highest BCUT2D eigenvalue weighted by Gasteiger charge is 2.06. The van der Waals surface area contributed by atoms with Crippen LogP contribution in [0.2, 0.25) is 0 Å². The van der Waals surface area contributed by atoms with Crippen LogP contribution < -0.4 is 0 Å². The fourth-order valence-electron chi connectivity index (χ4n) is 2.94. The summed E-state index contributed by atoms with van der Waals surface area (Å²) in [6, 6.07) is 29.8. The van der Waals surface area contributed by atoms with Crippen molar-refractivity contribution in [3.05, 3.63) is 121 Å². The lowest BCUT2D eigenvalue weighted by atomic mass is 9.97. The molecule has 132 valence electrons. The quantitative estimate of drug-likeness (QED) is 0.405. The van der Waals surface area contributed by atoms with Crippen LogP contribution in [0.25, 0.3) is 5.57 Å². The number of hydrogen-bond acceptors (Lipinski definition) is 2. The number of rotatable bonds is 6. The lowest BCUT2D eigenvalue weighted by molar-refractivity contribution is 0.821. The molecule has 2 nitrogen and oxygen atoms in total. The van der Waals surface area contributed by atoms with Gasteiger partial charge in [0.05, 0.1) is 6.33 Å². The van der Waals surface area contributed by atoms with E-state index in [1.807, 2.05) is 24.8 Å². The molecule has 1 heterocycles. The normalized spacial score (nSPS) is 11.5. The van der Waals surface area contributed by atoms with Gasteiger partial charge in [-0.2, -0.15) is 0 Å². The van der Waals surface area contributed by atoms with Gasteiger partial charge >= 0.3 is 0 Å². The molecule has 0 bridgehead atoms. The van der Waals surface area contributed by atoms with E-state index in [-0.39, 0.29) is 0 Å². The number of imidazole rings is 1. The minimum atomic E-state index is 0.796. The van der Waals surface area contributed by atoms with E-state index in [0.717, 1.165) is 6.54 Å². The van der Waals surface area contributed by atoms with Crippen LogP contribution in [0.4, 0.5) is 0 Å². The van der Waals surface area contributed by atoms with Crippen LogP contribution >= 0.6 is 11.8 Å². The van der Waals surface area contributed by atoms with Gasteiger partial charge in [0.1, 0.15) is 0 Å². The molecule has 0 saturated heterocycles. The van der Waals surface area contributed by atoms with E-state index in [2.05, 4.69) is 94.5 Å². The second kappa shape index (κ2) is 8.56. The lowest BCUT2D eigenvalue weighted by Crippen LogP contribution is -1.94. The predicted octanol–water partition coefficient (Wildman–Crippen LogP) is 6.17. The first kappa shape index (κ1) is 17.4. The van der Waals surface area contributed by atoms with Gasteiger partial charge in [0, 0.05) is 28.7 Å². The highest BCUT2D eigenvalue weighted by molar-refractivity contribution is 7.99. The maximum atomic E-state index is 4.13. The first-order chi connectivity index (χ1) is 13.4. The van der Waals surface area contributed by atoms with Gasteiger partial charge in [-0.25, -0.2) is 4.98 Å². The standard InChI is InChI=1S/C24H20N2S/c1-3-7-20(8-4-1)24(15-17-26-18-16-25-19-26)21-11-13-23(14-12-21)27-22-9-5-2-6-10-22/h1-16,18-19H,17H2. The van der Waals surface area contributed by atoms with Crippen molar-refractivity contribution in [2.24, 2.45) is 0 Å². The highest BCUT2D eigenvalue weighted by atomic mass is 32.2. The van der Waals surface area contributed by atoms with E-state index in [9.17, 15) is 0 Å². The zero-order chi connectivity index (χ0) is 18.3. The number of allylic oxidation sites excluding steroid dienone is 1. The van der Waals surface area contributed by atoms with Crippen LogP contribution in [0.3, 0.4) is 0 Å². The third kappa shape index (κ3) is 4.57. The minimum absolute atomic E-state index is 0.796. The molecule has 0 radical (unpaired) electrons. The molecule has 0 saturated carbocycles. The summed E-state index contributed by atoms with van der Waals surface area (Å²) in [5.41, 5.74) is 3.68. The van der Waals surface area contributed by atoms with Crippen LogP contribution in [-0.4, -0.2) is 9.55 Å². The number of benzene rings is 3. The molecule has 0 unspecified atom stereocenters. The van der Waals surface area contributed by atoms with Gasteiger partial charge in [-0.3, -0.25) is 0 Å². The molecule has 4 rings (SSSR count). The summed E-state index contributed by atoms with van der Waals surface area (Å²) in [6.45, 7) is 0.796. The molecule has 0 atom stereocenters. The Kier molecular flexibility index (Phi) is 5.51. The Balaban J connectivity index is 1.60. The highest BCUT2D eigenvalue weighted by Crippen LogP contribution is 2.30.